The molecule has 0 radical (unpaired) electrons. The van der Waals surface area contributed by atoms with Crippen LogP contribution in [0.15, 0.2) is 6.07 Å². The highest BCUT2D eigenvalue weighted by atomic mass is 35.5. The van der Waals surface area contributed by atoms with Gasteiger partial charge < -0.3 is 0 Å². The van der Waals surface area contributed by atoms with Gasteiger partial charge in [0.05, 0.1) is 5.56 Å². The topological polar surface area (TPSA) is 30.0 Å². The monoisotopic (exact) mass is 263 g/mol. The Bertz CT molecular complexity index is 644. The van der Waals surface area contributed by atoms with Crippen molar-refractivity contribution in [3.05, 3.63) is 40.1 Å². The van der Waals surface area contributed by atoms with Gasteiger partial charge in [-0.1, -0.05) is 11.6 Å². The standard InChI is InChI=1S/C10H2ClF4NO/c11-10-3(2-17)1-4-5(12)6(13)7(14)8(15)9(4)16-10/h1-2H. The van der Waals surface area contributed by atoms with Crippen molar-refractivity contribution in [3.63, 3.8) is 0 Å². The highest BCUT2D eigenvalue weighted by molar-refractivity contribution is 6.32. The molecule has 0 aliphatic carbocycles. The summed E-state index contributed by atoms with van der Waals surface area (Å²) in [5.74, 6) is -7.21. The van der Waals surface area contributed by atoms with E-state index in [0.29, 0.717) is 0 Å². The van der Waals surface area contributed by atoms with E-state index in [0.717, 1.165) is 6.07 Å². The van der Waals surface area contributed by atoms with E-state index in [1.54, 1.807) is 0 Å². The van der Waals surface area contributed by atoms with E-state index < -0.39 is 39.3 Å². The first-order valence-electron chi connectivity index (χ1n) is 4.24. The lowest BCUT2D eigenvalue weighted by Gasteiger charge is -2.05. The van der Waals surface area contributed by atoms with Gasteiger partial charge >= 0.3 is 0 Å². The first kappa shape index (κ1) is 11.8. The van der Waals surface area contributed by atoms with E-state index in [2.05, 4.69) is 4.98 Å². The molecule has 0 amide bonds. The maximum absolute atomic E-state index is 13.3. The second-order valence-corrected chi connectivity index (χ2v) is 3.50. The Labute approximate surface area is 96.8 Å². The molecule has 0 saturated heterocycles. The molecular formula is C10H2ClF4NO. The van der Waals surface area contributed by atoms with Crippen LogP contribution < -0.4 is 0 Å². The van der Waals surface area contributed by atoms with Gasteiger partial charge in [0.2, 0.25) is 0 Å². The number of hydrogen-bond acceptors (Lipinski definition) is 2. The SMILES string of the molecule is O=Cc1cc2c(F)c(F)c(F)c(F)c2nc1Cl. The van der Waals surface area contributed by atoms with Crippen LogP contribution in [0.1, 0.15) is 10.4 Å². The van der Waals surface area contributed by atoms with Crippen LogP contribution in [0.3, 0.4) is 0 Å². The van der Waals surface area contributed by atoms with E-state index in [-0.39, 0.29) is 11.8 Å². The highest BCUT2D eigenvalue weighted by Crippen LogP contribution is 2.28. The molecular weight excluding hydrogens is 262 g/mol. The van der Waals surface area contributed by atoms with E-state index in [9.17, 15) is 22.4 Å². The molecule has 0 spiro atoms. The number of hydrogen-bond donors (Lipinski definition) is 0. The van der Waals surface area contributed by atoms with Crippen molar-refractivity contribution in [1.82, 2.24) is 4.98 Å². The van der Waals surface area contributed by atoms with E-state index >= 15 is 0 Å². The lowest BCUT2D eigenvalue weighted by atomic mass is 10.1. The van der Waals surface area contributed by atoms with Crippen LogP contribution in [0, 0.1) is 23.3 Å². The Morgan fingerprint density at radius 2 is 1.65 bits per heavy atom. The molecule has 7 heteroatoms. The van der Waals surface area contributed by atoms with Gasteiger partial charge in [-0.15, -0.1) is 0 Å². The fourth-order valence-electron chi connectivity index (χ4n) is 1.34. The Balaban J connectivity index is 3.01. The summed E-state index contributed by atoms with van der Waals surface area (Å²) in [6.07, 6.45) is 0.243. The molecule has 88 valence electrons. The number of fused-ring (bicyclic) bond motifs is 1. The van der Waals surface area contributed by atoms with Crippen LogP contribution in [0.25, 0.3) is 10.9 Å². The molecule has 1 aromatic carbocycles. The van der Waals surface area contributed by atoms with Crippen LogP contribution in [-0.4, -0.2) is 11.3 Å². The van der Waals surface area contributed by atoms with Crippen molar-refractivity contribution < 1.29 is 22.4 Å². The van der Waals surface area contributed by atoms with Gasteiger partial charge in [-0.3, -0.25) is 4.79 Å². The number of carbonyl (C=O) groups is 1. The molecule has 2 rings (SSSR count). The minimum Gasteiger partial charge on any atom is -0.298 e. The molecule has 0 aliphatic rings. The predicted molar refractivity (Wildman–Crippen MR) is 52.0 cm³/mol. The Morgan fingerprint density at radius 3 is 2.24 bits per heavy atom. The smallest absolute Gasteiger partial charge is 0.199 e. The van der Waals surface area contributed by atoms with Crippen molar-refractivity contribution in [1.29, 1.82) is 0 Å². The summed E-state index contributed by atoms with van der Waals surface area (Å²) < 4.78 is 52.4. The molecule has 1 heterocycles. The van der Waals surface area contributed by atoms with Crippen molar-refractivity contribution in [2.75, 3.05) is 0 Å². The quantitative estimate of drug-likeness (QED) is 0.260. The Hall–Kier alpha value is -1.69. The zero-order valence-corrected chi connectivity index (χ0v) is 8.66. The number of aromatic nitrogens is 1. The van der Waals surface area contributed by atoms with E-state index in [4.69, 9.17) is 11.6 Å². The molecule has 2 nitrogen and oxygen atoms in total. The first-order chi connectivity index (χ1) is 7.97. The van der Waals surface area contributed by atoms with Crippen molar-refractivity contribution in [2.24, 2.45) is 0 Å². The zero-order chi connectivity index (χ0) is 12.7. The summed E-state index contributed by atoms with van der Waals surface area (Å²) >= 11 is 5.47. The minimum atomic E-state index is -1.97. The van der Waals surface area contributed by atoms with Crippen molar-refractivity contribution >= 4 is 28.8 Å². The minimum absolute atomic E-state index is 0.243. The van der Waals surface area contributed by atoms with Gasteiger partial charge in [-0.2, -0.15) is 0 Å². The first-order valence-corrected chi connectivity index (χ1v) is 4.62. The third-order valence-corrected chi connectivity index (χ3v) is 2.46. The van der Waals surface area contributed by atoms with Crippen LogP contribution >= 0.6 is 11.6 Å². The lowest BCUT2D eigenvalue weighted by Crippen LogP contribution is -2.01. The average molecular weight is 264 g/mol. The maximum Gasteiger partial charge on any atom is 0.199 e. The molecule has 2 aromatic rings. The predicted octanol–water partition coefficient (Wildman–Crippen LogP) is 3.26. The van der Waals surface area contributed by atoms with E-state index in [1.165, 1.54) is 0 Å². The normalized spacial score (nSPS) is 10.9. The number of benzene rings is 1. The maximum atomic E-state index is 13.3. The Morgan fingerprint density at radius 1 is 1.06 bits per heavy atom. The summed E-state index contributed by atoms with van der Waals surface area (Å²) in [5.41, 5.74) is -1.01. The molecule has 17 heavy (non-hydrogen) atoms. The molecule has 0 bridgehead atoms. The Kier molecular flexibility index (Phi) is 2.74. The summed E-state index contributed by atoms with van der Waals surface area (Å²) in [6.45, 7) is 0. The number of halogens is 5. The summed E-state index contributed by atoms with van der Waals surface area (Å²) in [4.78, 5) is 13.8. The molecule has 0 aliphatic heterocycles. The second kappa shape index (κ2) is 3.96. The molecule has 0 saturated carbocycles. The fourth-order valence-corrected chi connectivity index (χ4v) is 1.52. The number of pyridine rings is 1. The summed E-state index contributed by atoms with van der Waals surface area (Å²) in [5, 5.41) is -1.07. The molecule has 1 aromatic heterocycles. The molecule has 0 atom stereocenters. The zero-order valence-electron chi connectivity index (χ0n) is 7.90. The average Bonchev–Trinajstić information content (AvgIpc) is 2.33. The van der Waals surface area contributed by atoms with Crippen LogP contribution in [0.4, 0.5) is 17.6 Å². The number of nitrogens with zero attached hydrogens (tertiary/aromatic N) is 1. The van der Waals surface area contributed by atoms with Gasteiger partial charge in [0.15, 0.2) is 29.6 Å². The van der Waals surface area contributed by atoms with Crippen LogP contribution in [-0.2, 0) is 0 Å². The molecule has 0 fully saturated rings. The summed E-state index contributed by atoms with van der Waals surface area (Å²) in [6, 6.07) is 0.804. The number of rotatable bonds is 1. The lowest BCUT2D eigenvalue weighted by molar-refractivity contribution is 0.112. The second-order valence-electron chi connectivity index (χ2n) is 3.14. The van der Waals surface area contributed by atoms with Crippen LogP contribution in [0.2, 0.25) is 5.15 Å². The van der Waals surface area contributed by atoms with Gasteiger partial charge in [0.25, 0.3) is 0 Å². The fraction of sp³-hybridized carbons (Fsp3) is 0. The van der Waals surface area contributed by atoms with Gasteiger partial charge in [0.1, 0.15) is 10.7 Å². The highest BCUT2D eigenvalue weighted by Gasteiger charge is 2.22. The van der Waals surface area contributed by atoms with Crippen molar-refractivity contribution in [3.8, 4) is 0 Å². The number of aldehydes is 1. The van der Waals surface area contributed by atoms with Gasteiger partial charge in [-0.05, 0) is 6.07 Å². The largest absolute Gasteiger partial charge is 0.298 e. The van der Waals surface area contributed by atoms with Crippen molar-refractivity contribution in [2.45, 2.75) is 0 Å². The molecule has 0 unspecified atom stereocenters. The third-order valence-electron chi connectivity index (χ3n) is 2.15. The van der Waals surface area contributed by atoms with E-state index in [1.807, 2.05) is 0 Å². The third kappa shape index (κ3) is 1.64. The molecule has 0 N–H and O–H groups in total. The summed E-state index contributed by atoms with van der Waals surface area (Å²) in [7, 11) is 0. The van der Waals surface area contributed by atoms with Gasteiger partial charge in [0, 0.05) is 5.39 Å². The van der Waals surface area contributed by atoms with Crippen LogP contribution in [0.5, 0.6) is 0 Å². The van der Waals surface area contributed by atoms with Gasteiger partial charge in [-0.25, -0.2) is 22.5 Å². The number of carbonyl (C=O) groups excluding carboxylic acids is 1.